The van der Waals surface area contributed by atoms with Crippen molar-refractivity contribution in [3.05, 3.63) is 52.2 Å². The molecule has 0 saturated heterocycles. The molecule has 1 aromatic carbocycles. The Labute approximate surface area is 168 Å². The van der Waals surface area contributed by atoms with E-state index < -0.39 is 11.8 Å². The molecule has 0 aliphatic heterocycles. The standard InChI is InChI=1S/C21H25N3O3S/c1-15-6-4-7-16(12-15)24-20(27)19(26)22-13-18(25)23-14-21(9-2-3-10-21)17-8-5-11-28-17/h4-8,11-12H,2-3,9-10,13-14H2,1H3,(H,22,26)(H,23,25)(H,24,27). The minimum atomic E-state index is -0.828. The highest BCUT2D eigenvalue weighted by Crippen LogP contribution is 2.42. The van der Waals surface area contributed by atoms with Crippen LogP contribution in [0.5, 0.6) is 0 Å². The molecule has 0 unspecified atom stereocenters. The highest BCUT2D eigenvalue weighted by Gasteiger charge is 2.36. The first-order chi connectivity index (χ1) is 13.5. The molecule has 1 aromatic heterocycles. The van der Waals surface area contributed by atoms with Crippen LogP contribution in [0, 0.1) is 6.92 Å². The van der Waals surface area contributed by atoms with E-state index in [2.05, 4.69) is 27.4 Å². The lowest BCUT2D eigenvalue weighted by atomic mass is 9.84. The number of amides is 3. The molecule has 28 heavy (non-hydrogen) atoms. The minimum absolute atomic E-state index is 0.00359. The first-order valence-corrected chi connectivity index (χ1v) is 10.3. The van der Waals surface area contributed by atoms with Gasteiger partial charge in [0.2, 0.25) is 5.91 Å². The van der Waals surface area contributed by atoms with Crippen LogP contribution >= 0.6 is 11.3 Å². The molecule has 148 valence electrons. The van der Waals surface area contributed by atoms with Crippen LogP contribution in [0.2, 0.25) is 0 Å². The van der Waals surface area contributed by atoms with Crippen molar-refractivity contribution < 1.29 is 14.4 Å². The van der Waals surface area contributed by atoms with Crippen LogP contribution in [-0.2, 0) is 19.8 Å². The summed E-state index contributed by atoms with van der Waals surface area (Å²) in [6.07, 6.45) is 4.42. The van der Waals surface area contributed by atoms with Crippen LogP contribution in [-0.4, -0.2) is 30.8 Å². The zero-order valence-electron chi connectivity index (χ0n) is 15.9. The third-order valence-corrected chi connectivity index (χ3v) is 6.24. The number of nitrogens with one attached hydrogen (secondary N) is 3. The Morgan fingerprint density at radius 1 is 1.04 bits per heavy atom. The maximum absolute atomic E-state index is 12.2. The van der Waals surface area contributed by atoms with Crippen molar-refractivity contribution in [3.8, 4) is 0 Å². The van der Waals surface area contributed by atoms with Gasteiger partial charge < -0.3 is 16.0 Å². The molecule has 7 heteroatoms. The Morgan fingerprint density at radius 2 is 1.82 bits per heavy atom. The van der Waals surface area contributed by atoms with Crippen molar-refractivity contribution in [1.29, 1.82) is 0 Å². The van der Waals surface area contributed by atoms with Gasteiger partial charge in [-0.25, -0.2) is 0 Å². The van der Waals surface area contributed by atoms with E-state index in [1.54, 1.807) is 29.5 Å². The minimum Gasteiger partial charge on any atom is -0.354 e. The molecule has 6 nitrogen and oxygen atoms in total. The van der Waals surface area contributed by atoms with E-state index in [-0.39, 0.29) is 17.9 Å². The summed E-state index contributed by atoms with van der Waals surface area (Å²) < 4.78 is 0. The molecule has 3 N–H and O–H groups in total. The average molecular weight is 400 g/mol. The van der Waals surface area contributed by atoms with Gasteiger partial charge in [-0.1, -0.05) is 31.0 Å². The number of carbonyl (C=O) groups is 3. The number of carbonyl (C=O) groups excluding carboxylic acids is 3. The maximum Gasteiger partial charge on any atom is 0.313 e. The van der Waals surface area contributed by atoms with E-state index in [9.17, 15) is 14.4 Å². The molecule has 3 rings (SSSR count). The van der Waals surface area contributed by atoms with Crippen LogP contribution in [0.25, 0.3) is 0 Å². The highest BCUT2D eigenvalue weighted by molar-refractivity contribution is 7.10. The molecule has 1 heterocycles. The quantitative estimate of drug-likeness (QED) is 0.653. The summed E-state index contributed by atoms with van der Waals surface area (Å²) >= 11 is 1.72. The van der Waals surface area contributed by atoms with Gasteiger partial charge in [0.15, 0.2) is 0 Å². The van der Waals surface area contributed by atoms with Crippen molar-refractivity contribution >= 4 is 34.7 Å². The largest absolute Gasteiger partial charge is 0.354 e. The third kappa shape index (κ3) is 4.98. The van der Waals surface area contributed by atoms with Crippen molar-refractivity contribution in [3.63, 3.8) is 0 Å². The van der Waals surface area contributed by atoms with E-state index in [1.807, 2.05) is 19.1 Å². The number of benzene rings is 1. The summed E-state index contributed by atoms with van der Waals surface area (Å²) in [7, 11) is 0. The van der Waals surface area contributed by atoms with Gasteiger partial charge in [-0.2, -0.15) is 0 Å². The number of anilines is 1. The highest BCUT2D eigenvalue weighted by atomic mass is 32.1. The summed E-state index contributed by atoms with van der Waals surface area (Å²) in [6.45, 7) is 2.23. The van der Waals surface area contributed by atoms with Gasteiger partial charge in [-0.15, -0.1) is 11.3 Å². The van der Waals surface area contributed by atoms with Crippen molar-refractivity contribution in [2.45, 2.75) is 38.0 Å². The fraction of sp³-hybridized carbons (Fsp3) is 0.381. The summed E-state index contributed by atoms with van der Waals surface area (Å²) in [6, 6.07) is 11.3. The van der Waals surface area contributed by atoms with Crippen LogP contribution in [0.4, 0.5) is 5.69 Å². The summed E-state index contributed by atoms with van der Waals surface area (Å²) in [5.41, 5.74) is 1.52. The number of hydrogen-bond donors (Lipinski definition) is 3. The van der Waals surface area contributed by atoms with E-state index in [0.717, 1.165) is 31.2 Å². The Balaban J connectivity index is 1.46. The predicted octanol–water partition coefficient (Wildman–Crippen LogP) is 2.74. The maximum atomic E-state index is 12.2. The normalized spacial score (nSPS) is 15.0. The van der Waals surface area contributed by atoms with Gasteiger partial charge in [0.25, 0.3) is 0 Å². The van der Waals surface area contributed by atoms with E-state index in [1.165, 1.54) is 4.88 Å². The molecule has 1 fully saturated rings. The lowest BCUT2D eigenvalue weighted by Crippen LogP contribution is -2.45. The van der Waals surface area contributed by atoms with Gasteiger partial charge in [0.05, 0.1) is 6.54 Å². The molecule has 0 atom stereocenters. The molecular formula is C21H25N3O3S. The molecule has 1 aliphatic rings. The van der Waals surface area contributed by atoms with Gasteiger partial charge in [0, 0.05) is 22.5 Å². The SMILES string of the molecule is Cc1cccc(NC(=O)C(=O)NCC(=O)NCC2(c3cccs3)CCCC2)c1. The van der Waals surface area contributed by atoms with E-state index in [4.69, 9.17) is 0 Å². The second-order valence-electron chi connectivity index (χ2n) is 7.25. The molecule has 1 aliphatic carbocycles. The molecule has 2 aromatic rings. The summed E-state index contributed by atoms with van der Waals surface area (Å²) in [5.74, 6) is -1.91. The molecule has 0 spiro atoms. The average Bonchev–Trinajstić information content (AvgIpc) is 3.36. The molecule has 1 saturated carbocycles. The second kappa shape index (κ2) is 9.01. The predicted molar refractivity (Wildman–Crippen MR) is 110 cm³/mol. The summed E-state index contributed by atoms with van der Waals surface area (Å²) in [5, 5.41) is 9.89. The van der Waals surface area contributed by atoms with Crippen molar-refractivity contribution in [1.82, 2.24) is 10.6 Å². The fourth-order valence-corrected chi connectivity index (χ4v) is 4.61. The lowest BCUT2D eigenvalue weighted by molar-refractivity contribution is -0.136. The van der Waals surface area contributed by atoms with Crippen LogP contribution < -0.4 is 16.0 Å². The first-order valence-electron chi connectivity index (χ1n) is 9.45. The fourth-order valence-electron chi connectivity index (χ4n) is 3.62. The number of hydrogen-bond acceptors (Lipinski definition) is 4. The Hall–Kier alpha value is -2.67. The first kappa shape index (κ1) is 20.1. The van der Waals surface area contributed by atoms with Crippen LogP contribution in [0.15, 0.2) is 41.8 Å². The zero-order valence-corrected chi connectivity index (χ0v) is 16.7. The van der Waals surface area contributed by atoms with Gasteiger partial charge in [-0.05, 0) is 48.9 Å². The number of rotatable bonds is 6. The second-order valence-corrected chi connectivity index (χ2v) is 8.20. The van der Waals surface area contributed by atoms with Gasteiger partial charge in [-0.3, -0.25) is 14.4 Å². The Bertz CT molecular complexity index is 842. The Kier molecular flexibility index (Phi) is 6.46. The van der Waals surface area contributed by atoms with Gasteiger partial charge >= 0.3 is 11.8 Å². The molecular weight excluding hydrogens is 374 g/mol. The van der Waals surface area contributed by atoms with E-state index in [0.29, 0.717) is 12.2 Å². The topological polar surface area (TPSA) is 87.3 Å². The van der Waals surface area contributed by atoms with Crippen LogP contribution in [0.3, 0.4) is 0 Å². The lowest BCUT2D eigenvalue weighted by Gasteiger charge is -2.28. The smallest absolute Gasteiger partial charge is 0.313 e. The monoisotopic (exact) mass is 399 g/mol. The van der Waals surface area contributed by atoms with Gasteiger partial charge in [0.1, 0.15) is 0 Å². The number of thiophene rings is 1. The Morgan fingerprint density at radius 3 is 2.50 bits per heavy atom. The van der Waals surface area contributed by atoms with Crippen molar-refractivity contribution in [2.75, 3.05) is 18.4 Å². The zero-order chi connectivity index (χ0) is 20.0. The molecule has 0 radical (unpaired) electrons. The summed E-state index contributed by atoms with van der Waals surface area (Å²) in [4.78, 5) is 37.4. The molecule has 3 amide bonds. The third-order valence-electron chi connectivity index (χ3n) is 5.12. The van der Waals surface area contributed by atoms with E-state index >= 15 is 0 Å². The number of aryl methyl sites for hydroxylation is 1. The van der Waals surface area contributed by atoms with Crippen molar-refractivity contribution in [2.24, 2.45) is 0 Å². The molecule has 0 bridgehead atoms. The van der Waals surface area contributed by atoms with Crippen LogP contribution in [0.1, 0.15) is 36.1 Å².